The van der Waals surface area contributed by atoms with Crippen LogP contribution in [-0.4, -0.2) is 15.0 Å². The average molecular weight is 279 g/mol. The summed E-state index contributed by atoms with van der Waals surface area (Å²) < 4.78 is 18.6. The Bertz CT molecular complexity index is 912. The van der Waals surface area contributed by atoms with E-state index in [-0.39, 0.29) is 5.82 Å². The summed E-state index contributed by atoms with van der Waals surface area (Å²) in [6, 6.07) is 11.9. The Kier molecular flexibility index (Phi) is 2.57. The molecule has 0 aliphatic heterocycles. The van der Waals surface area contributed by atoms with Crippen LogP contribution < -0.4 is 0 Å². The Morgan fingerprint density at radius 2 is 2.00 bits per heavy atom. The van der Waals surface area contributed by atoms with Gasteiger partial charge in [0.1, 0.15) is 22.9 Å². The second-order valence-electron chi connectivity index (χ2n) is 4.66. The van der Waals surface area contributed by atoms with E-state index < -0.39 is 0 Å². The lowest BCUT2D eigenvalue weighted by atomic mass is 10.2. The van der Waals surface area contributed by atoms with Crippen LogP contribution in [0.4, 0.5) is 4.39 Å². The van der Waals surface area contributed by atoms with E-state index in [0.29, 0.717) is 22.6 Å². The number of pyridine rings is 1. The fourth-order valence-electron chi connectivity index (χ4n) is 2.25. The number of fused-ring (bicyclic) bond motifs is 1. The van der Waals surface area contributed by atoms with Crippen LogP contribution in [0, 0.1) is 5.82 Å². The van der Waals surface area contributed by atoms with Gasteiger partial charge in [-0.3, -0.25) is 0 Å². The zero-order valence-electron chi connectivity index (χ0n) is 10.9. The molecule has 4 aromatic rings. The zero-order chi connectivity index (χ0) is 14.2. The molecule has 4 nitrogen and oxygen atoms in total. The van der Waals surface area contributed by atoms with Crippen molar-refractivity contribution in [3.8, 4) is 22.7 Å². The highest BCUT2D eigenvalue weighted by atomic mass is 19.1. The first kappa shape index (κ1) is 11.8. The van der Waals surface area contributed by atoms with E-state index in [9.17, 15) is 4.39 Å². The minimum absolute atomic E-state index is 0.294. The molecule has 3 heterocycles. The number of hydrogen-bond donors (Lipinski definition) is 1. The molecule has 0 saturated heterocycles. The third kappa shape index (κ3) is 2.08. The van der Waals surface area contributed by atoms with Gasteiger partial charge in [-0.25, -0.2) is 14.4 Å². The predicted molar refractivity (Wildman–Crippen MR) is 77.0 cm³/mol. The average Bonchev–Trinajstić information content (AvgIpc) is 3.16. The van der Waals surface area contributed by atoms with Crippen molar-refractivity contribution >= 4 is 11.2 Å². The van der Waals surface area contributed by atoms with Crippen LogP contribution in [0.5, 0.6) is 0 Å². The van der Waals surface area contributed by atoms with E-state index in [2.05, 4.69) is 15.0 Å². The number of benzene rings is 1. The molecule has 4 rings (SSSR count). The molecule has 1 N–H and O–H groups in total. The minimum atomic E-state index is -0.294. The van der Waals surface area contributed by atoms with Crippen LogP contribution >= 0.6 is 0 Å². The Morgan fingerprint density at radius 1 is 1.05 bits per heavy atom. The normalized spacial score (nSPS) is 11.1. The molecule has 0 spiro atoms. The molecule has 0 radical (unpaired) electrons. The third-order valence-electron chi connectivity index (χ3n) is 3.24. The predicted octanol–water partition coefficient (Wildman–Crippen LogP) is 4.02. The molecule has 0 saturated carbocycles. The van der Waals surface area contributed by atoms with Gasteiger partial charge in [0.15, 0.2) is 5.65 Å². The maximum Gasteiger partial charge on any atom is 0.157 e. The maximum absolute atomic E-state index is 13.3. The van der Waals surface area contributed by atoms with E-state index in [0.717, 1.165) is 11.3 Å². The summed E-state index contributed by atoms with van der Waals surface area (Å²) in [7, 11) is 0. The molecular formula is C16H10FN3O. The Balaban J connectivity index is 1.83. The van der Waals surface area contributed by atoms with Crippen LogP contribution in [0.3, 0.4) is 0 Å². The number of aromatic nitrogens is 3. The van der Waals surface area contributed by atoms with Gasteiger partial charge in [-0.05, 0) is 30.3 Å². The van der Waals surface area contributed by atoms with Crippen molar-refractivity contribution in [1.29, 1.82) is 0 Å². The number of nitrogens with one attached hydrogen (secondary N) is 1. The molecular weight excluding hydrogens is 269 g/mol. The number of halogens is 1. The number of nitrogens with zero attached hydrogens (tertiary/aromatic N) is 2. The smallest absolute Gasteiger partial charge is 0.157 e. The molecule has 0 aliphatic carbocycles. The summed E-state index contributed by atoms with van der Waals surface area (Å²) in [6.45, 7) is 0. The SMILES string of the molecule is Fc1cccc(-c2nc3cc(-c4ccco4)cnc3[nH]2)c1. The van der Waals surface area contributed by atoms with Crippen LogP contribution in [0.2, 0.25) is 0 Å². The molecule has 0 fully saturated rings. The Morgan fingerprint density at radius 3 is 2.81 bits per heavy atom. The summed E-state index contributed by atoms with van der Waals surface area (Å²) >= 11 is 0. The van der Waals surface area contributed by atoms with Crippen molar-refractivity contribution in [2.75, 3.05) is 0 Å². The van der Waals surface area contributed by atoms with Crippen molar-refractivity contribution in [2.45, 2.75) is 0 Å². The standard InChI is InChI=1S/C16H10FN3O/c17-12-4-1-3-10(7-12)15-19-13-8-11(9-18-16(13)20-15)14-5-2-6-21-14/h1-9H,(H,18,19,20). The lowest BCUT2D eigenvalue weighted by Crippen LogP contribution is -1.81. The first-order chi connectivity index (χ1) is 10.3. The van der Waals surface area contributed by atoms with E-state index in [4.69, 9.17) is 4.42 Å². The molecule has 3 aromatic heterocycles. The highest BCUT2D eigenvalue weighted by Crippen LogP contribution is 2.24. The summed E-state index contributed by atoms with van der Waals surface area (Å²) in [6.07, 6.45) is 3.33. The van der Waals surface area contributed by atoms with Crippen molar-refractivity contribution < 1.29 is 8.81 Å². The van der Waals surface area contributed by atoms with Crippen LogP contribution in [0.1, 0.15) is 0 Å². The van der Waals surface area contributed by atoms with Crippen molar-refractivity contribution in [2.24, 2.45) is 0 Å². The Hall–Kier alpha value is -2.95. The lowest BCUT2D eigenvalue weighted by molar-refractivity contribution is 0.582. The largest absolute Gasteiger partial charge is 0.464 e. The van der Waals surface area contributed by atoms with E-state index >= 15 is 0 Å². The highest BCUT2D eigenvalue weighted by Gasteiger charge is 2.09. The van der Waals surface area contributed by atoms with Crippen LogP contribution in [0.15, 0.2) is 59.3 Å². The van der Waals surface area contributed by atoms with E-state index in [1.54, 1.807) is 24.6 Å². The third-order valence-corrected chi connectivity index (χ3v) is 3.24. The zero-order valence-corrected chi connectivity index (χ0v) is 10.9. The first-order valence-corrected chi connectivity index (χ1v) is 6.45. The van der Waals surface area contributed by atoms with Gasteiger partial charge in [0.25, 0.3) is 0 Å². The number of aromatic amines is 1. The molecule has 0 bridgehead atoms. The highest BCUT2D eigenvalue weighted by molar-refractivity contribution is 5.80. The molecule has 0 amide bonds. The fourth-order valence-corrected chi connectivity index (χ4v) is 2.25. The topological polar surface area (TPSA) is 54.7 Å². The number of hydrogen-bond acceptors (Lipinski definition) is 3. The van der Waals surface area contributed by atoms with Gasteiger partial charge in [-0.15, -0.1) is 0 Å². The van der Waals surface area contributed by atoms with Gasteiger partial charge in [-0.1, -0.05) is 12.1 Å². The summed E-state index contributed by atoms with van der Waals surface area (Å²) in [5.74, 6) is 1.03. The quantitative estimate of drug-likeness (QED) is 0.603. The number of furan rings is 1. The molecule has 0 unspecified atom stereocenters. The van der Waals surface area contributed by atoms with Crippen molar-refractivity contribution in [3.05, 3.63) is 60.7 Å². The first-order valence-electron chi connectivity index (χ1n) is 6.45. The molecule has 0 aliphatic rings. The summed E-state index contributed by atoms with van der Waals surface area (Å²) in [5.41, 5.74) is 2.91. The fraction of sp³-hybridized carbons (Fsp3) is 0. The van der Waals surface area contributed by atoms with Gasteiger partial charge < -0.3 is 9.40 Å². The minimum Gasteiger partial charge on any atom is -0.464 e. The van der Waals surface area contributed by atoms with Gasteiger partial charge in [0, 0.05) is 17.3 Å². The number of imidazole rings is 1. The lowest BCUT2D eigenvalue weighted by Gasteiger charge is -1.95. The van der Waals surface area contributed by atoms with Gasteiger partial charge in [0.2, 0.25) is 0 Å². The molecule has 1 aromatic carbocycles. The second kappa shape index (κ2) is 4.56. The van der Waals surface area contributed by atoms with E-state index in [1.807, 2.05) is 18.2 Å². The van der Waals surface area contributed by atoms with Crippen molar-refractivity contribution in [3.63, 3.8) is 0 Å². The second-order valence-corrected chi connectivity index (χ2v) is 4.66. The van der Waals surface area contributed by atoms with Gasteiger partial charge >= 0.3 is 0 Å². The van der Waals surface area contributed by atoms with Crippen molar-refractivity contribution in [1.82, 2.24) is 15.0 Å². The van der Waals surface area contributed by atoms with Crippen LogP contribution in [-0.2, 0) is 0 Å². The maximum atomic E-state index is 13.3. The van der Waals surface area contributed by atoms with Gasteiger partial charge in [-0.2, -0.15) is 0 Å². The molecule has 5 heteroatoms. The van der Waals surface area contributed by atoms with E-state index in [1.165, 1.54) is 12.1 Å². The monoisotopic (exact) mass is 279 g/mol. The molecule has 0 atom stereocenters. The van der Waals surface area contributed by atoms with Crippen LogP contribution in [0.25, 0.3) is 33.9 Å². The Labute approximate surface area is 119 Å². The number of rotatable bonds is 2. The molecule has 21 heavy (non-hydrogen) atoms. The molecule has 102 valence electrons. The van der Waals surface area contributed by atoms with Gasteiger partial charge in [0.05, 0.1) is 6.26 Å². The number of H-pyrrole nitrogens is 1. The summed E-state index contributed by atoms with van der Waals surface area (Å²) in [4.78, 5) is 11.9. The summed E-state index contributed by atoms with van der Waals surface area (Å²) in [5, 5.41) is 0.